The van der Waals surface area contributed by atoms with Crippen molar-refractivity contribution in [3.05, 3.63) is 36.1 Å². The minimum atomic E-state index is -0.0832. The van der Waals surface area contributed by atoms with Crippen molar-refractivity contribution in [3.8, 4) is 0 Å². The molecule has 3 atom stereocenters. The zero-order valence-electron chi connectivity index (χ0n) is 12.8. The molecular weight excluding hydrogens is 298 g/mol. The molecular formula is C15H17N5O3. The summed E-state index contributed by atoms with van der Waals surface area (Å²) in [6.45, 7) is 3.07. The summed E-state index contributed by atoms with van der Waals surface area (Å²) in [6.07, 6.45) is 6.27. The molecule has 8 nitrogen and oxygen atoms in total. The van der Waals surface area contributed by atoms with Crippen LogP contribution in [0.2, 0.25) is 0 Å². The van der Waals surface area contributed by atoms with Gasteiger partial charge in [-0.15, -0.1) is 10.2 Å². The fourth-order valence-corrected chi connectivity index (χ4v) is 3.35. The number of likely N-dealkylation sites (tertiary alicyclic amines) is 1. The van der Waals surface area contributed by atoms with E-state index in [4.69, 9.17) is 9.15 Å². The van der Waals surface area contributed by atoms with Gasteiger partial charge in [0.2, 0.25) is 11.8 Å². The number of ether oxygens (including phenoxy) is 1. The molecule has 0 bridgehead atoms. The first-order valence-corrected chi connectivity index (χ1v) is 7.69. The van der Waals surface area contributed by atoms with E-state index in [1.54, 1.807) is 18.0 Å². The quantitative estimate of drug-likeness (QED) is 0.820. The van der Waals surface area contributed by atoms with Crippen LogP contribution < -0.4 is 0 Å². The number of nitrogens with zero attached hydrogens (tertiary/aromatic N) is 5. The average molecular weight is 315 g/mol. The minimum Gasteiger partial charge on any atom is -0.426 e. The SMILES string of the molecule is Cc1nnc(C[C@@H]2C[C@H]3CN(C(=O)c4cnccn4)C[C@H]3O2)o1. The summed E-state index contributed by atoms with van der Waals surface area (Å²) in [5, 5.41) is 7.84. The second kappa shape index (κ2) is 5.69. The van der Waals surface area contributed by atoms with Crippen LogP contribution in [0.25, 0.3) is 0 Å². The van der Waals surface area contributed by atoms with Crippen LogP contribution in [0.15, 0.2) is 23.0 Å². The third-order valence-electron chi connectivity index (χ3n) is 4.35. The Balaban J connectivity index is 1.36. The van der Waals surface area contributed by atoms with Crippen LogP contribution in [0, 0.1) is 12.8 Å². The lowest BCUT2D eigenvalue weighted by Crippen LogP contribution is -2.32. The summed E-state index contributed by atoms with van der Waals surface area (Å²) in [7, 11) is 0. The number of hydrogen-bond donors (Lipinski definition) is 0. The zero-order chi connectivity index (χ0) is 15.8. The Morgan fingerprint density at radius 3 is 2.96 bits per heavy atom. The van der Waals surface area contributed by atoms with Gasteiger partial charge in [0.05, 0.1) is 24.8 Å². The van der Waals surface area contributed by atoms with E-state index in [1.165, 1.54) is 12.4 Å². The van der Waals surface area contributed by atoms with E-state index in [-0.39, 0.29) is 18.1 Å². The molecule has 0 aromatic carbocycles. The number of carbonyl (C=O) groups is 1. The fourth-order valence-electron chi connectivity index (χ4n) is 3.35. The van der Waals surface area contributed by atoms with Crippen LogP contribution in [-0.4, -0.2) is 56.3 Å². The van der Waals surface area contributed by atoms with E-state index in [0.717, 1.165) is 6.42 Å². The van der Waals surface area contributed by atoms with E-state index < -0.39 is 0 Å². The number of aryl methyl sites for hydroxylation is 1. The fraction of sp³-hybridized carbons (Fsp3) is 0.533. The number of carbonyl (C=O) groups excluding carboxylic acids is 1. The van der Waals surface area contributed by atoms with E-state index >= 15 is 0 Å². The van der Waals surface area contributed by atoms with Gasteiger partial charge in [-0.05, 0) is 6.42 Å². The van der Waals surface area contributed by atoms with Gasteiger partial charge in [0, 0.05) is 38.3 Å². The lowest BCUT2D eigenvalue weighted by Gasteiger charge is -2.18. The number of amides is 1. The summed E-state index contributed by atoms with van der Waals surface area (Å²) >= 11 is 0. The van der Waals surface area contributed by atoms with E-state index in [0.29, 0.717) is 42.9 Å². The lowest BCUT2D eigenvalue weighted by molar-refractivity contribution is 0.0334. The maximum absolute atomic E-state index is 12.4. The van der Waals surface area contributed by atoms with E-state index in [1.807, 2.05) is 0 Å². The Kier molecular flexibility index (Phi) is 3.53. The van der Waals surface area contributed by atoms with Gasteiger partial charge in [-0.25, -0.2) is 4.98 Å². The Labute approximate surface area is 132 Å². The maximum Gasteiger partial charge on any atom is 0.274 e. The molecule has 23 heavy (non-hydrogen) atoms. The third kappa shape index (κ3) is 2.81. The molecule has 4 rings (SSSR count). The van der Waals surface area contributed by atoms with E-state index in [2.05, 4.69) is 20.2 Å². The number of hydrogen-bond acceptors (Lipinski definition) is 7. The standard InChI is InChI=1S/C15H17N5O3/c1-9-18-19-14(22-9)5-11-4-10-7-20(8-13(10)23-11)15(21)12-6-16-2-3-17-12/h2-3,6,10-11,13H,4-5,7-8H2,1H3/t10-,11-,13+/m0/s1. The molecule has 2 fully saturated rings. The van der Waals surface area contributed by atoms with Gasteiger partial charge >= 0.3 is 0 Å². The van der Waals surface area contributed by atoms with Gasteiger partial charge in [0.25, 0.3) is 5.91 Å². The van der Waals surface area contributed by atoms with Crippen LogP contribution >= 0.6 is 0 Å². The van der Waals surface area contributed by atoms with Crippen molar-refractivity contribution < 1.29 is 13.9 Å². The molecule has 0 spiro atoms. The first-order chi connectivity index (χ1) is 11.2. The summed E-state index contributed by atoms with van der Waals surface area (Å²) in [6, 6.07) is 0. The minimum absolute atomic E-state index is 0.0737. The highest BCUT2D eigenvalue weighted by atomic mass is 16.5. The molecule has 120 valence electrons. The summed E-state index contributed by atoms with van der Waals surface area (Å²) in [4.78, 5) is 22.2. The molecule has 0 N–H and O–H groups in total. The van der Waals surface area contributed by atoms with Gasteiger partial charge in [0.1, 0.15) is 5.69 Å². The summed E-state index contributed by atoms with van der Waals surface area (Å²) in [5.74, 6) is 1.45. The molecule has 0 radical (unpaired) electrons. The number of fused-ring (bicyclic) bond motifs is 1. The van der Waals surface area contributed by atoms with E-state index in [9.17, 15) is 4.79 Å². The van der Waals surface area contributed by atoms with Crippen LogP contribution in [0.3, 0.4) is 0 Å². The molecule has 2 aromatic heterocycles. The van der Waals surface area contributed by atoms with Crippen molar-refractivity contribution >= 4 is 5.91 Å². The molecule has 2 aromatic rings. The molecule has 8 heteroatoms. The van der Waals surface area contributed by atoms with Crippen molar-refractivity contribution in [1.29, 1.82) is 0 Å². The number of aromatic nitrogens is 4. The molecule has 4 heterocycles. The maximum atomic E-state index is 12.4. The van der Waals surface area contributed by atoms with Gasteiger partial charge in [-0.1, -0.05) is 0 Å². The van der Waals surface area contributed by atoms with Crippen LogP contribution in [0.4, 0.5) is 0 Å². The van der Waals surface area contributed by atoms with Gasteiger partial charge in [-0.2, -0.15) is 0 Å². The smallest absolute Gasteiger partial charge is 0.274 e. The van der Waals surface area contributed by atoms with Crippen LogP contribution in [0.5, 0.6) is 0 Å². The van der Waals surface area contributed by atoms with Crippen molar-refractivity contribution in [1.82, 2.24) is 25.1 Å². The lowest BCUT2D eigenvalue weighted by atomic mass is 10.0. The molecule has 2 aliphatic heterocycles. The number of rotatable bonds is 3. The Morgan fingerprint density at radius 1 is 1.35 bits per heavy atom. The average Bonchev–Trinajstić information content (AvgIpc) is 3.22. The molecule has 0 saturated carbocycles. The Hall–Kier alpha value is -2.35. The Morgan fingerprint density at radius 2 is 2.26 bits per heavy atom. The van der Waals surface area contributed by atoms with Crippen molar-refractivity contribution in [3.63, 3.8) is 0 Å². The first-order valence-electron chi connectivity index (χ1n) is 7.69. The summed E-state index contributed by atoms with van der Waals surface area (Å²) in [5.41, 5.74) is 0.380. The Bertz CT molecular complexity index is 690. The summed E-state index contributed by atoms with van der Waals surface area (Å²) < 4.78 is 11.5. The second-order valence-corrected chi connectivity index (χ2v) is 6.01. The molecule has 2 saturated heterocycles. The topological polar surface area (TPSA) is 94.2 Å². The molecule has 2 aliphatic rings. The zero-order valence-corrected chi connectivity index (χ0v) is 12.8. The van der Waals surface area contributed by atoms with Crippen LogP contribution in [0.1, 0.15) is 28.7 Å². The highest BCUT2D eigenvalue weighted by Crippen LogP contribution is 2.34. The van der Waals surface area contributed by atoms with Crippen LogP contribution in [-0.2, 0) is 11.2 Å². The second-order valence-electron chi connectivity index (χ2n) is 6.01. The first kappa shape index (κ1) is 14.3. The van der Waals surface area contributed by atoms with Crippen molar-refractivity contribution in [2.75, 3.05) is 13.1 Å². The molecule has 0 aliphatic carbocycles. The van der Waals surface area contributed by atoms with Crippen molar-refractivity contribution in [2.45, 2.75) is 32.0 Å². The monoisotopic (exact) mass is 315 g/mol. The van der Waals surface area contributed by atoms with Gasteiger partial charge in [0.15, 0.2) is 0 Å². The highest BCUT2D eigenvalue weighted by molar-refractivity contribution is 5.92. The normalized spacial score (nSPS) is 26.5. The van der Waals surface area contributed by atoms with Crippen molar-refractivity contribution in [2.24, 2.45) is 5.92 Å². The molecule has 0 unspecified atom stereocenters. The molecule has 1 amide bonds. The predicted octanol–water partition coefficient (Wildman–Crippen LogP) is 0.640. The predicted molar refractivity (Wildman–Crippen MR) is 77.4 cm³/mol. The largest absolute Gasteiger partial charge is 0.426 e. The van der Waals surface area contributed by atoms with Gasteiger partial charge in [-0.3, -0.25) is 9.78 Å². The third-order valence-corrected chi connectivity index (χ3v) is 4.35. The highest BCUT2D eigenvalue weighted by Gasteiger charge is 2.44. The van der Waals surface area contributed by atoms with Gasteiger partial charge < -0.3 is 14.1 Å².